The standard InChI is InChI=1S/C33H40FN7O4/c1-21-13-39(28-9-7-24(11-35)41-29(28)27(34)12-36-41)15-25(44-21)14-38-19-33(20-38)26-8-6-23(10-22(26)16-43-33)40-17-32(5,18-40)37-30(42)45-31(2,3)4/h6-10,12,21,25H,13-20H2,1-5H3,(H,37,42)/t21-,25+/m1/s1. The largest absolute Gasteiger partial charge is 0.444 e. The molecule has 1 N–H and O–H groups in total. The van der Waals surface area contributed by atoms with Gasteiger partial charge in [-0.25, -0.2) is 13.7 Å². The first kappa shape index (κ1) is 29.8. The van der Waals surface area contributed by atoms with E-state index in [0.717, 1.165) is 37.2 Å². The Hall–Kier alpha value is -3.92. The average Bonchev–Trinajstić information content (AvgIpc) is 3.50. The highest BCUT2D eigenvalue weighted by Gasteiger charge is 2.51. The van der Waals surface area contributed by atoms with Crippen LogP contribution in [0.15, 0.2) is 36.5 Å². The number of alkyl carbamates (subject to hydrolysis) is 1. The number of benzene rings is 1. The fourth-order valence-electron chi connectivity index (χ4n) is 7.33. The third-order valence-electron chi connectivity index (χ3n) is 9.13. The normalized spacial score (nSPS) is 23.8. The molecule has 0 radical (unpaired) electrons. The fourth-order valence-corrected chi connectivity index (χ4v) is 7.33. The van der Waals surface area contributed by atoms with Crippen LogP contribution >= 0.6 is 0 Å². The predicted octanol–water partition coefficient (Wildman–Crippen LogP) is 3.78. The summed E-state index contributed by atoms with van der Waals surface area (Å²) < 4.78 is 34.3. The van der Waals surface area contributed by atoms with Gasteiger partial charge in [-0.1, -0.05) is 6.07 Å². The Bertz CT molecular complexity index is 1680. The summed E-state index contributed by atoms with van der Waals surface area (Å²) in [5, 5.41) is 16.5. The second kappa shape index (κ2) is 10.6. The first-order valence-electron chi connectivity index (χ1n) is 15.6. The van der Waals surface area contributed by atoms with E-state index in [-0.39, 0.29) is 29.4 Å². The number of nitrogens with zero attached hydrogens (tertiary/aromatic N) is 6. The van der Waals surface area contributed by atoms with Gasteiger partial charge in [-0.3, -0.25) is 4.90 Å². The Morgan fingerprint density at radius 3 is 2.69 bits per heavy atom. The van der Waals surface area contributed by atoms with E-state index in [1.165, 1.54) is 15.6 Å². The molecule has 3 saturated heterocycles. The summed E-state index contributed by atoms with van der Waals surface area (Å²) in [5.41, 5.74) is 3.75. The summed E-state index contributed by atoms with van der Waals surface area (Å²) in [6.45, 7) is 15.2. The number of ether oxygens (including phenoxy) is 3. The number of anilines is 2. The van der Waals surface area contributed by atoms with Gasteiger partial charge >= 0.3 is 6.09 Å². The molecule has 4 aliphatic rings. The summed E-state index contributed by atoms with van der Waals surface area (Å²) >= 11 is 0. The number of fused-ring (bicyclic) bond motifs is 3. The number of rotatable bonds is 5. The van der Waals surface area contributed by atoms with Crippen LogP contribution in [0.25, 0.3) is 5.52 Å². The summed E-state index contributed by atoms with van der Waals surface area (Å²) in [6, 6.07) is 12.2. The maximum absolute atomic E-state index is 14.8. The molecule has 0 bridgehead atoms. The van der Waals surface area contributed by atoms with Gasteiger partial charge in [0.05, 0.1) is 36.2 Å². The molecule has 0 aliphatic carbocycles. The number of hydrogen-bond donors (Lipinski definition) is 1. The van der Waals surface area contributed by atoms with E-state index in [1.807, 2.05) is 40.7 Å². The quantitative estimate of drug-likeness (QED) is 0.458. The molecule has 2 aromatic heterocycles. The number of morpholine rings is 1. The lowest BCUT2D eigenvalue weighted by molar-refractivity contribution is -0.155. The van der Waals surface area contributed by atoms with Gasteiger partial charge < -0.3 is 29.3 Å². The molecule has 3 aromatic rings. The van der Waals surface area contributed by atoms with Crippen molar-refractivity contribution >= 4 is 23.0 Å². The Labute approximate surface area is 262 Å². The minimum atomic E-state index is -0.528. The van der Waals surface area contributed by atoms with E-state index in [0.29, 0.717) is 44.0 Å². The lowest BCUT2D eigenvalue weighted by atomic mass is 9.84. The van der Waals surface area contributed by atoms with Crippen molar-refractivity contribution in [2.75, 3.05) is 55.6 Å². The van der Waals surface area contributed by atoms with Crippen LogP contribution in [0.4, 0.5) is 20.6 Å². The van der Waals surface area contributed by atoms with Crippen molar-refractivity contribution in [3.8, 4) is 6.07 Å². The minimum absolute atomic E-state index is 0.0368. The molecule has 1 spiro atoms. The van der Waals surface area contributed by atoms with Crippen LogP contribution in [-0.2, 0) is 26.4 Å². The number of amides is 1. The molecule has 3 fully saturated rings. The van der Waals surface area contributed by atoms with Gasteiger partial charge in [-0.05, 0) is 70.0 Å². The summed E-state index contributed by atoms with van der Waals surface area (Å²) in [7, 11) is 0. The maximum atomic E-state index is 14.8. The van der Waals surface area contributed by atoms with Gasteiger partial charge in [0.15, 0.2) is 5.82 Å². The highest BCUT2D eigenvalue weighted by Crippen LogP contribution is 2.45. The molecule has 4 aliphatic heterocycles. The topological polar surface area (TPSA) is 108 Å². The Morgan fingerprint density at radius 1 is 1.18 bits per heavy atom. The van der Waals surface area contributed by atoms with Crippen LogP contribution < -0.4 is 15.1 Å². The third kappa shape index (κ3) is 5.47. The van der Waals surface area contributed by atoms with Crippen molar-refractivity contribution in [2.45, 2.75) is 70.2 Å². The number of carbonyl (C=O) groups is 1. The number of carbonyl (C=O) groups excluding carboxylic acids is 1. The zero-order valence-electron chi connectivity index (χ0n) is 26.5. The first-order chi connectivity index (χ1) is 21.3. The smallest absolute Gasteiger partial charge is 0.408 e. The molecule has 7 rings (SSSR count). The fraction of sp³-hybridized carbons (Fsp3) is 0.545. The van der Waals surface area contributed by atoms with Crippen LogP contribution in [0.5, 0.6) is 0 Å². The van der Waals surface area contributed by atoms with Crippen molar-refractivity contribution < 1.29 is 23.4 Å². The van der Waals surface area contributed by atoms with Gasteiger partial charge in [0.1, 0.15) is 28.5 Å². The molecule has 238 valence electrons. The Morgan fingerprint density at radius 2 is 1.96 bits per heavy atom. The number of aromatic nitrogens is 2. The first-order valence-corrected chi connectivity index (χ1v) is 15.6. The zero-order valence-corrected chi connectivity index (χ0v) is 26.5. The summed E-state index contributed by atoms with van der Waals surface area (Å²) in [4.78, 5) is 19.1. The van der Waals surface area contributed by atoms with E-state index >= 15 is 0 Å². The van der Waals surface area contributed by atoms with Crippen LogP contribution in [0, 0.1) is 17.1 Å². The number of pyridine rings is 1. The molecule has 6 heterocycles. The molecule has 1 aromatic carbocycles. The molecule has 0 unspecified atom stereocenters. The number of likely N-dealkylation sites (tertiary alicyclic amines) is 1. The van der Waals surface area contributed by atoms with Gasteiger partial charge in [-0.2, -0.15) is 10.4 Å². The molecule has 11 nitrogen and oxygen atoms in total. The van der Waals surface area contributed by atoms with E-state index in [9.17, 15) is 14.4 Å². The average molecular weight is 618 g/mol. The van der Waals surface area contributed by atoms with Gasteiger partial charge in [-0.15, -0.1) is 0 Å². The Balaban J connectivity index is 0.966. The van der Waals surface area contributed by atoms with Crippen LogP contribution in [0.1, 0.15) is 51.4 Å². The van der Waals surface area contributed by atoms with Gasteiger partial charge in [0, 0.05) is 51.5 Å². The van der Waals surface area contributed by atoms with Crippen LogP contribution in [0.2, 0.25) is 0 Å². The van der Waals surface area contributed by atoms with Crippen molar-refractivity contribution in [3.05, 3.63) is 59.2 Å². The second-order valence-electron chi connectivity index (χ2n) is 14.3. The van der Waals surface area contributed by atoms with Crippen molar-refractivity contribution in [3.63, 3.8) is 0 Å². The SMILES string of the molecule is C[C@@H]1CN(c2ccc(C#N)n3ncc(F)c23)C[C@H](CN2CC3(C2)OCc2cc(N4CC(C)(NC(=O)OC(C)(C)C)C4)ccc23)O1. The zero-order chi connectivity index (χ0) is 31.7. The molecular formula is C33H40FN7O4. The number of nitrogens with one attached hydrogen (secondary N) is 1. The molecule has 45 heavy (non-hydrogen) atoms. The second-order valence-corrected chi connectivity index (χ2v) is 14.3. The van der Waals surface area contributed by atoms with Crippen molar-refractivity contribution in [2.24, 2.45) is 0 Å². The molecule has 2 atom stereocenters. The molecule has 0 saturated carbocycles. The van der Waals surface area contributed by atoms with Crippen LogP contribution in [0.3, 0.4) is 0 Å². The van der Waals surface area contributed by atoms with Crippen molar-refractivity contribution in [1.29, 1.82) is 5.26 Å². The molecular weight excluding hydrogens is 577 g/mol. The van der Waals surface area contributed by atoms with Crippen LogP contribution in [-0.4, -0.2) is 89.8 Å². The highest BCUT2D eigenvalue weighted by molar-refractivity contribution is 5.75. The summed E-state index contributed by atoms with van der Waals surface area (Å²) in [6.07, 6.45) is 0.673. The predicted molar refractivity (Wildman–Crippen MR) is 166 cm³/mol. The van der Waals surface area contributed by atoms with E-state index < -0.39 is 11.4 Å². The van der Waals surface area contributed by atoms with E-state index in [1.54, 1.807) is 6.07 Å². The van der Waals surface area contributed by atoms with Crippen molar-refractivity contribution in [1.82, 2.24) is 19.8 Å². The lowest BCUT2D eigenvalue weighted by Gasteiger charge is -2.50. The summed E-state index contributed by atoms with van der Waals surface area (Å²) in [5.74, 6) is -0.441. The van der Waals surface area contributed by atoms with Gasteiger partial charge in [0.25, 0.3) is 0 Å². The molecule has 12 heteroatoms. The maximum Gasteiger partial charge on any atom is 0.408 e. The third-order valence-corrected chi connectivity index (χ3v) is 9.13. The number of halogens is 1. The number of nitriles is 1. The van der Waals surface area contributed by atoms with Gasteiger partial charge in [0.2, 0.25) is 0 Å². The highest BCUT2D eigenvalue weighted by atomic mass is 19.1. The molecule has 1 amide bonds. The number of hydrogen-bond acceptors (Lipinski definition) is 9. The van der Waals surface area contributed by atoms with E-state index in [2.05, 4.69) is 49.4 Å². The lowest BCUT2D eigenvalue weighted by Crippen LogP contribution is -2.69. The monoisotopic (exact) mass is 617 g/mol. The van der Waals surface area contributed by atoms with E-state index in [4.69, 9.17) is 14.2 Å². The Kier molecular flexibility index (Phi) is 7.00. The minimum Gasteiger partial charge on any atom is -0.444 e.